The van der Waals surface area contributed by atoms with Gasteiger partial charge in [0.25, 0.3) is 0 Å². The lowest BCUT2D eigenvalue weighted by atomic mass is 9.87. The van der Waals surface area contributed by atoms with E-state index < -0.39 is 0 Å². The highest BCUT2D eigenvalue weighted by Gasteiger charge is 2.30. The largest absolute Gasteiger partial charge is 0.382 e. The van der Waals surface area contributed by atoms with Gasteiger partial charge in [0.2, 0.25) is 0 Å². The Hall–Kier alpha value is -1.02. The summed E-state index contributed by atoms with van der Waals surface area (Å²) in [6.45, 7) is 2.92. The average molecular weight is 245 g/mol. The Labute approximate surface area is 110 Å². The number of anilines is 1. The van der Waals surface area contributed by atoms with Crippen molar-refractivity contribution < 1.29 is 4.74 Å². The van der Waals surface area contributed by atoms with Crippen LogP contribution in [0.5, 0.6) is 0 Å². The van der Waals surface area contributed by atoms with E-state index in [0.29, 0.717) is 12.1 Å². The van der Waals surface area contributed by atoms with Crippen LogP contribution in [0.15, 0.2) is 18.2 Å². The van der Waals surface area contributed by atoms with E-state index in [9.17, 15) is 0 Å². The molecule has 1 N–H and O–H groups in total. The van der Waals surface area contributed by atoms with Gasteiger partial charge in [-0.2, -0.15) is 0 Å². The summed E-state index contributed by atoms with van der Waals surface area (Å²) in [6.07, 6.45) is 8.03. The molecule has 18 heavy (non-hydrogen) atoms. The van der Waals surface area contributed by atoms with Gasteiger partial charge in [-0.1, -0.05) is 12.1 Å². The Morgan fingerprint density at radius 3 is 2.89 bits per heavy atom. The van der Waals surface area contributed by atoms with Gasteiger partial charge in [0.05, 0.1) is 6.10 Å². The number of aryl methyl sites for hydroxylation is 1. The minimum atomic E-state index is 0.493. The molecule has 2 heteroatoms. The fourth-order valence-electron chi connectivity index (χ4n) is 3.19. The molecule has 0 saturated heterocycles. The van der Waals surface area contributed by atoms with Crippen LogP contribution in [-0.2, 0) is 17.6 Å². The summed E-state index contributed by atoms with van der Waals surface area (Å²) >= 11 is 0. The molecular weight excluding hydrogens is 222 g/mol. The summed E-state index contributed by atoms with van der Waals surface area (Å²) in [5.41, 5.74) is 4.52. The van der Waals surface area contributed by atoms with E-state index in [1.807, 2.05) is 0 Å². The smallest absolute Gasteiger partial charge is 0.0614 e. The van der Waals surface area contributed by atoms with Crippen molar-refractivity contribution in [1.29, 1.82) is 0 Å². The van der Waals surface area contributed by atoms with Gasteiger partial charge in [-0.25, -0.2) is 0 Å². The normalized spacial score (nSPS) is 26.3. The third kappa shape index (κ3) is 2.39. The maximum Gasteiger partial charge on any atom is 0.0614 e. The molecule has 2 nitrogen and oxygen atoms in total. The van der Waals surface area contributed by atoms with E-state index in [1.165, 1.54) is 31.4 Å². The molecule has 0 amide bonds. The van der Waals surface area contributed by atoms with Crippen LogP contribution in [0.2, 0.25) is 0 Å². The summed E-state index contributed by atoms with van der Waals surface area (Å²) in [5, 5.41) is 3.71. The summed E-state index contributed by atoms with van der Waals surface area (Å²) in [5.74, 6) is 0. The lowest BCUT2D eigenvalue weighted by Crippen LogP contribution is -2.41. The molecule has 98 valence electrons. The highest BCUT2D eigenvalue weighted by atomic mass is 16.5. The number of rotatable bonds is 4. The van der Waals surface area contributed by atoms with E-state index in [0.717, 1.165) is 19.4 Å². The van der Waals surface area contributed by atoms with Crippen molar-refractivity contribution in [2.24, 2.45) is 0 Å². The molecular formula is C16H23NO. The maximum atomic E-state index is 5.62. The predicted molar refractivity (Wildman–Crippen MR) is 75.1 cm³/mol. The molecule has 1 saturated carbocycles. The van der Waals surface area contributed by atoms with Gasteiger partial charge in [0.1, 0.15) is 0 Å². The van der Waals surface area contributed by atoms with Crippen LogP contribution >= 0.6 is 0 Å². The Kier molecular flexibility index (Phi) is 3.55. The summed E-state index contributed by atoms with van der Waals surface area (Å²) in [4.78, 5) is 0. The van der Waals surface area contributed by atoms with Crippen LogP contribution in [0.4, 0.5) is 5.69 Å². The Morgan fingerprint density at radius 2 is 2.06 bits per heavy atom. The first kappa shape index (κ1) is 12.0. The van der Waals surface area contributed by atoms with Crippen molar-refractivity contribution in [3.05, 3.63) is 29.3 Å². The third-order valence-electron chi connectivity index (χ3n) is 4.25. The van der Waals surface area contributed by atoms with Crippen LogP contribution in [0.25, 0.3) is 0 Å². The first-order valence-corrected chi connectivity index (χ1v) is 7.35. The van der Waals surface area contributed by atoms with Crippen LogP contribution in [0.3, 0.4) is 0 Å². The molecule has 0 unspecified atom stereocenters. The molecule has 0 spiro atoms. The number of nitrogens with one attached hydrogen (secondary N) is 1. The van der Waals surface area contributed by atoms with Gasteiger partial charge in [0, 0.05) is 18.3 Å². The zero-order valence-electron chi connectivity index (χ0n) is 11.2. The zero-order chi connectivity index (χ0) is 12.4. The second-order valence-corrected chi connectivity index (χ2v) is 5.54. The fraction of sp³-hybridized carbons (Fsp3) is 0.625. The van der Waals surface area contributed by atoms with E-state index in [2.05, 4.69) is 30.4 Å². The van der Waals surface area contributed by atoms with Gasteiger partial charge >= 0.3 is 0 Å². The van der Waals surface area contributed by atoms with E-state index >= 15 is 0 Å². The standard InChI is InChI=1S/C16H23NO/c1-2-18-14-10-13(11-14)17-16-9-5-7-12-6-3-4-8-15(12)16/h5,7,9,13-14,17H,2-4,6,8,10-11H2,1H3. The van der Waals surface area contributed by atoms with Crippen molar-refractivity contribution in [3.8, 4) is 0 Å². The zero-order valence-corrected chi connectivity index (χ0v) is 11.2. The monoisotopic (exact) mass is 245 g/mol. The van der Waals surface area contributed by atoms with Crippen LogP contribution < -0.4 is 5.32 Å². The number of hydrogen-bond donors (Lipinski definition) is 1. The molecule has 1 fully saturated rings. The molecule has 1 aromatic rings. The number of benzene rings is 1. The topological polar surface area (TPSA) is 21.3 Å². The molecule has 1 aromatic carbocycles. The van der Waals surface area contributed by atoms with Gasteiger partial charge < -0.3 is 10.1 Å². The van der Waals surface area contributed by atoms with E-state index in [4.69, 9.17) is 4.74 Å². The van der Waals surface area contributed by atoms with Crippen molar-refractivity contribution in [1.82, 2.24) is 0 Å². The highest BCUT2D eigenvalue weighted by Crippen LogP contribution is 2.32. The lowest BCUT2D eigenvalue weighted by Gasteiger charge is -2.37. The molecule has 0 aliphatic heterocycles. The van der Waals surface area contributed by atoms with Gasteiger partial charge in [-0.05, 0) is 62.6 Å². The molecule has 0 atom stereocenters. The van der Waals surface area contributed by atoms with Crippen molar-refractivity contribution in [3.63, 3.8) is 0 Å². The predicted octanol–water partition coefficient (Wildman–Crippen LogP) is 3.54. The third-order valence-corrected chi connectivity index (χ3v) is 4.25. The lowest BCUT2D eigenvalue weighted by molar-refractivity contribution is 0.00297. The first-order valence-electron chi connectivity index (χ1n) is 7.35. The van der Waals surface area contributed by atoms with Crippen molar-refractivity contribution in [2.45, 2.75) is 57.6 Å². The number of ether oxygens (including phenoxy) is 1. The number of fused-ring (bicyclic) bond motifs is 1. The van der Waals surface area contributed by atoms with Gasteiger partial charge in [-0.3, -0.25) is 0 Å². The fourth-order valence-corrected chi connectivity index (χ4v) is 3.19. The Bertz CT molecular complexity index is 410. The van der Waals surface area contributed by atoms with E-state index in [1.54, 1.807) is 11.1 Å². The molecule has 3 rings (SSSR count). The first-order chi connectivity index (χ1) is 8.86. The van der Waals surface area contributed by atoms with Gasteiger partial charge in [-0.15, -0.1) is 0 Å². The summed E-state index contributed by atoms with van der Waals surface area (Å²) in [7, 11) is 0. The van der Waals surface area contributed by atoms with E-state index in [-0.39, 0.29) is 0 Å². The maximum absolute atomic E-state index is 5.62. The van der Waals surface area contributed by atoms with Crippen molar-refractivity contribution in [2.75, 3.05) is 11.9 Å². The molecule has 0 aromatic heterocycles. The van der Waals surface area contributed by atoms with Gasteiger partial charge in [0.15, 0.2) is 0 Å². The second kappa shape index (κ2) is 5.31. The highest BCUT2D eigenvalue weighted by molar-refractivity contribution is 5.56. The van der Waals surface area contributed by atoms with Crippen LogP contribution in [0.1, 0.15) is 43.7 Å². The molecule has 0 radical (unpaired) electrons. The number of hydrogen-bond acceptors (Lipinski definition) is 2. The molecule has 2 aliphatic rings. The SMILES string of the molecule is CCOC1CC(Nc2cccc3c2CCCC3)C1. The minimum absolute atomic E-state index is 0.493. The van der Waals surface area contributed by atoms with Crippen LogP contribution in [-0.4, -0.2) is 18.8 Å². The second-order valence-electron chi connectivity index (χ2n) is 5.54. The molecule has 0 heterocycles. The summed E-state index contributed by atoms with van der Waals surface area (Å²) < 4.78 is 5.62. The average Bonchev–Trinajstić information content (AvgIpc) is 2.37. The molecule has 2 aliphatic carbocycles. The van der Waals surface area contributed by atoms with Crippen LogP contribution in [0, 0.1) is 0 Å². The Balaban J connectivity index is 1.63. The quantitative estimate of drug-likeness (QED) is 0.876. The summed E-state index contributed by atoms with van der Waals surface area (Å²) in [6, 6.07) is 7.36. The minimum Gasteiger partial charge on any atom is -0.382 e. The molecule has 0 bridgehead atoms. The van der Waals surface area contributed by atoms with Crippen molar-refractivity contribution >= 4 is 5.69 Å². The Morgan fingerprint density at radius 1 is 1.22 bits per heavy atom.